The smallest absolute Gasteiger partial charge is 0.310 e. The van der Waals surface area contributed by atoms with Gasteiger partial charge in [-0.25, -0.2) is 0 Å². The second kappa shape index (κ2) is 6.22. The number of carboxylic acids is 1. The molecule has 1 aromatic heterocycles. The Morgan fingerprint density at radius 1 is 1.27 bits per heavy atom. The molecule has 1 amide bonds. The SMILES string of the molecule is Cn1cc(CCC(=O)NCC(C)(C)C(=O)O)c2ccccc21. The van der Waals surface area contributed by atoms with Gasteiger partial charge in [0, 0.05) is 37.1 Å². The second-order valence-electron chi connectivity index (χ2n) is 6.25. The first-order valence-corrected chi connectivity index (χ1v) is 7.34. The third-order valence-corrected chi connectivity index (χ3v) is 3.91. The molecule has 2 rings (SSSR count). The molecule has 0 unspecified atom stereocenters. The fourth-order valence-corrected chi connectivity index (χ4v) is 2.36. The molecule has 118 valence electrons. The lowest BCUT2D eigenvalue weighted by Gasteiger charge is -2.19. The summed E-state index contributed by atoms with van der Waals surface area (Å²) >= 11 is 0. The van der Waals surface area contributed by atoms with Gasteiger partial charge >= 0.3 is 5.97 Å². The number of aromatic nitrogens is 1. The van der Waals surface area contributed by atoms with Crippen LogP contribution in [0.2, 0.25) is 0 Å². The van der Waals surface area contributed by atoms with E-state index in [9.17, 15) is 9.59 Å². The Hall–Kier alpha value is -2.30. The van der Waals surface area contributed by atoms with Crippen molar-refractivity contribution in [3.63, 3.8) is 0 Å². The average Bonchev–Trinajstić information content (AvgIpc) is 2.80. The Kier molecular flexibility index (Phi) is 4.54. The molecule has 0 bridgehead atoms. The van der Waals surface area contributed by atoms with Crippen LogP contribution in [0, 0.1) is 5.41 Å². The van der Waals surface area contributed by atoms with Crippen LogP contribution >= 0.6 is 0 Å². The highest BCUT2D eigenvalue weighted by atomic mass is 16.4. The number of aryl methyl sites for hydroxylation is 2. The number of hydrogen-bond acceptors (Lipinski definition) is 2. The molecule has 0 aliphatic rings. The highest BCUT2D eigenvalue weighted by Crippen LogP contribution is 2.21. The highest BCUT2D eigenvalue weighted by Gasteiger charge is 2.27. The van der Waals surface area contributed by atoms with Crippen molar-refractivity contribution in [2.75, 3.05) is 6.54 Å². The number of fused-ring (bicyclic) bond motifs is 1. The highest BCUT2D eigenvalue weighted by molar-refractivity contribution is 5.85. The number of para-hydroxylation sites is 1. The van der Waals surface area contributed by atoms with Crippen LogP contribution in [0.15, 0.2) is 30.5 Å². The molecule has 1 heterocycles. The molecule has 0 saturated heterocycles. The summed E-state index contributed by atoms with van der Waals surface area (Å²) in [5.74, 6) is -1.04. The van der Waals surface area contributed by atoms with Crippen molar-refractivity contribution in [2.45, 2.75) is 26.7 Å². The van der Waals surface area contributed by atoms with Crippen LogP contribution in [-0.2, 0) is 23.1 Å². The fourth-order valence-electron chi connectivity index (χ4n) is 2.36. The summed E-state index contributed by atoms with van der Waals surface area (Å²) in [7, 11) is 1.99. The van der Waals surface area contributed by atoms with Gasteiger partial charge in [0.1, 0.15) is 0 Å². The van der Waals surface area contributed by atoms with Crippen LogP contribution in [0.1, 0.15) is 25.8 Å². The number of carbonyl (C=O) groups excluding carboxylic acids is 1. The van der Waals surface area contributed by atoms with Gasteiger partial charge in [-0.1, -0.05) is 18.2 Å². The van der Waals surface area contributed by atoms with Crippen LogP contribution in [0.25, 0.3) is 10.9 Å². The molecule has 0 fully saturated rings. The number of nitrogens with one attached hydrogen (secondary N) is 1. The van der Waals surface area contributed by atoms with E-state index in [1.807, 2.05) is 31.4 Å². The summed E-state index contributed by atoms with van der Waals surface area (Å²) in [4.78, 5) is 22.9. The van der Waals surface area contributed by atoms with E-state index in [0.29, 0.717) is 12.8 Å². The first-order valence-electron chi connectivity index (χ1n) is 7.34. The summed E-state index contributed by atoms with van der Waals surface area (Å²) < 4.78 is 2.05. The van der Waals surface area contributed by atoms with E-state index in [4.69, 9.17) is 5.11 Å². The van der Waals surface area contributed by atoms with E-state index in [1.54, 1.807) is 13.8 Å². The Balaban J connectivity index is 1.95. The van der Waals surface area contributed by atoms with Gasteiger partial charge < -0.3 is 15.0 Å². The Labute approximate surface area is 129 Å². The third-order valence-electron chi connectivity index (χ3n) is 3.91. The van der Waals surface area contributed by atoms with Crippen molar-refractivity contribution >= 4 is 22.8 Å². The summed E-state index contributed by atoms with van der Waals surface area (Å²) in [6, 6.07) is 8.08. The number of carbonyl (C=O) groups is 2. The molecular weight excluding hydrogens is 280 g/mol. The molecule has 1 aromatic carbocycles. The van der Waals surface area contributed by atoms with Crippen LogP contribution in [-0.4, -0.2) is 28.1 Å². The molecule has 0 spiro atoms. The largest absolute Gasteiger partial charge is 0.481 e. The van der Waals surface area contributed by atoms with Crippen molar-refractivity contribution in [3.05, 3.63) is 36.0 Å². The van der Waals surface area contributed by atoms with Gasteiger partial charge in [-0.2, -0.15) is 0 Å². The van der Waals surface area contributed by atoms with Crippen LogP contribution in [0.3, 0.4) is 0 Å². The summed E-state index contributed by atoms with van der Waals surface area (Å²) in [5, 5.41) is 12.9. The molecule has 0 atom stereocenters. The zero-order valence-corrected chi connectivity index (χ0v) is 13.2. The van der Waals surface area contributed by atoms with Gasteiger partial charge in [0.15, 0.2) is 0 Å². The van der Waals surface area contributed by atoms with Crippen LogP contribution in [0.5, 0.6) is 0 Å². The van der Waals surface area contributed by atoms with E-state index < -0.39 is 11.4 Å². The maximum atomic E-state index is 11.9. The van der Waals surface area contributed by atoms with Crippen molar-refractivity contribution in [1.82, 2.24) is 9.88 Å². The standard InChI is InChI=1S/C17H22N2O3/c1-17(2,16(21)22)11-18-15(20)9-8-12-10-19(3)14-7-5-4-6-13(12)14/h4-7,10H,8-9,11H2,1-3H3,(H,18,20)(H,21,22). The second-order valence-corrected chi connectivity index (χ2v) is 6.25. The lowest BCUT2D eigenvalue weighted by Crippen LogP contribution is -2.38. The molecule has 0 aliphatic heterocycles. The number of nitrogens with zero attached hydrogens (tertiary/aromatic N) is 1. The van der Waals surface area contributed by atoms with Gasteiger partial charge in [0.25, 0.3) is 0 Å². The van der Waals surface area contributed by atoms with E-state index in [1.165, 1.54) is 0 Å². The number of aliphatic carboxylic acids is 1. The molecule has 0 aliphatic carbocycles. The predicted molar refractivity (Wildman–Crippen MR) is 85.7 cm³/mol. The Morgan fingerprint density at radius 2 is 1.95 bits per heavy atom. The van der Waals surface area contributed by atoms with Gasteiger partial charge in [-0.15, -0.1) is 0 Å². The van der Waals surface area contributed by atoms with Gasteiger partial charge in [-0.05, 0) is 31.9 Å². The van der Waals surface area contributed by atoms with Crippen molar-refractivity contribution in [1.29, 1.82) is 0 Å². The third kappa shape index (κ3) is 3.47. The summed E-state index contributed by atoms with van der Waals surface area (Å²) in [6.45, 7) is 3.33. The minimum absolute atomic E-state index is 0.123. The fraction of sp³-hybridized carbons (Fsp3) is 0.412. The van der Waals surface area contributed by atoms with E-state index >= 15 is 0 Å². The average molecular weight is 302 g/mol. The first-order chi connectivity index (χ1) is 10.3. The molecule has 2 aromatic rings. The van der Waals surface area contributed by atoms with Crippen molar-refractivity contribution < 1.29 is 14.7 Å². The van der Waals surface area contributed by atoms with Gasteiger partial charge in [0.2, 0.25) is 5.91 Å². The first kappa shape index (κ1) is 16.1. The molecule has 0 radical (unpaired) electrons. The minimum Gasteiger partial charge on any atom is -0.481 e. The lowest BCUT2D eigenvalue weighted by atomic mass is 9.94. The molecular formula is C17H22N2O3. The van der Waals surface area contributed by atoms with Crippen LogP contribution in [0.4, 0.5) is 0 Å². The number of hydrogen-bond donors (Lipinski definition) is 2. The molecule has 22 heavy (non-hydrogen) atoms. The normalized spacial score (nSPS) is 11.6. The minimum atomic E-state index is -0.949. The summed E-state index contributed by atoms with van der Waals surface area (Å²) in [6.07, 6.45) is 3.03. The topological polar surface area (TPSA) is 71.3 Å². The van der Waals surface area contributed by atoms with Crippen molar-refractivity contribution in [3.8, 4) is 0 Å². The van der Waals surface area contributed by atoms with E-state index in [-0.39, 0.29) is 12.5 Å². The lowest BCUT2D eigenvalue weighted by molar-refractivity contribution is -0.146. The van der Waals surface area contributed by atoms with Crippen LogP contribution < -0.4 is 5.32 Å². The molecule has 2 N–H and O–H groups in total. The maximum Gasteiger partial charge on any atom is 0.310 e. The van der Waals surface area contributed by atoms with Gasteiger partial charge in [0.05, 0.1) is 5.41 Å². The monoisotopic (exact) mass is 302 g/mol. The molecule has 5 heteroatoms. The molecule has 5 nitrogen and oxygen atoms in total. The maximum absolute atomic E-state index is 11.9. The predicted octanol–water partition coefficient (Wildman–Crippen LogP) is 2.34. The van der Waals surface area contributed by atoms with Gasteiger partial charge in [-0.3, -0.25) is 9.59 Å². The number of rotatable bonds is 6. The quantitative estimate of drug-likeness (QED) is 0.860. The number of amides is 1. The Morgan fingerprint density at radius 3 is 2.64 bits per heavy atom. The van der Waals surface area contributed by atoms with Crippen molar-refractivity contribution in [2.24, 2.45) is 12.5 Å². The summed E-state index contributed by atoms with van der Waals surface area (Å²) in [5.41, 5.74) is 1.32. The number of benzene rings is 1. The zero-order chi connectivity index (χ0) is 16.3. The number of carboxylic acid groups (broad SMARTS) is 1. The van der Waals surface area contributed by atoms with E-state index in [2.05, 4.69) is 16.0 Å². The van der Waals surface area contributed by atoms with E-state index in [0.717, 1.165) is 16.5 Å². The molecule has 0 saturated carbocycles. The zero-order valence-electron chi connectivity index (χ0n) is 13.2. The Bertz CT molecular complexity index is 701.